The lowest BCUT2D eigenvalue weighted by atomic mass is 9.93. The maximum atomic E-state index is 12.5. The quantitative estimate of drug-likeness (QED) is 0.882. The highest BCUT2D eigenvalue weighted by Crippen LogP contribution is 2.28. The molecule has 2 N–H and O–H groups in total. The Morgan fingerprint density at radius 1 is 1.32 bits per heavy atom. The minimum atomic E-state index is -0.446. The second kappa shape index (κ2) is 7.06. The maximum Gasteiger partial charge on any atom is 0.246 e. The number of aliphatic hydroxyl groups excluding tert-OH is 1. The van der Waals surface area contributed by atoms with Gasteiger partial charge in [0.05, 0.1) is 17.2 Å². The molecule has 1 fully saturated rings. The molecule has 0 unspecified atom stereocenters. The molecule has 0 saturated carbocycles. The van der Waals surface area contributed by atoms with Gasteiger partial charge in [0.2, 0.25) is 5.91 Å². The lowest BCUT2D eigenvalue weighted by molar-refractivity contribution is -0.124. The molecule has 1 saturated heterocycles. The number of nitrogens with one attached hydrogen (secondary N) is 1. The number of thioether (sulfide) groups is 2. The second-order valence-electron chi connectivity index (χ2n) is 5.67. The van der Waals surface area contributed by atoms with Crippen molar-refractivity contribution in [1.82, 2.24) is 5.32 Å². The Kier molecular flexibility index (Phi) is 5.10. The van der Waals surface area contributed by atoms with Crippen LogP contribution in [0.25, 0.3) is 0 Å². The first kappa shape index (κ1) is 15.9. The zero-order valence-corrected chi connectivity index (χ0v) is 14.0. The summed E-state index contributed by atoms with van der Waals surface area (Å²) in [4.78, 5) is 17.1. The van der Waals surface area contributed by atoms with E-state index in [1.165, 1.54) is 0 Å². The molecular formula is C16H20N2O2S2. The van der Waals surface area contributed by atoms with Crippen LogP contribution in [0, 0.1) is 0 Å². The molecule has 0 aliphatic carbocycles. The zero-order valence-electron chi connectivity index (χ0n) is 12.3. The average molecular weight is 336 g/mol. The van der Waals surface area contributed by atoms with E-state index in [9.17, 15) is 9.90 Å². The summed E-state index contributed by atoms with van der Waals surface area (Å²) in [5.74, 6) is 2.59. The van der Waals surface area contributed by atoms with Crippen molar-refractivity contribution >= 4 is 34.5 Å². The number of aliphatic imine (C=N–C) groups is 1. The molecule has 1 amide bonds. The van der Waals surface area contributed by atoms with Crippen LogP contribution in [0.5, 0.6) is 0 Å². The standard InChI is InChI=1S/C16H20N2O2S2/c19-11-16(6-8-21-9-7-16)18-14(20)13-10-22-15(17-13)12-4-2-1-3-5-12/h1-5,13,19H,6-11H2,(H,18,20)/t13-/m0/s1. The molecular weight excluding hydrogens is 316 g/mol. The van der Waals surface area contributed by atoms with Crippen molar-refractivity contribution in [1.29, 1.82) is 0 Å². The predicted octanol–water partition coefficient (Wildman–Crippen LogP) is 1.92. The Hall–Kier alpha value is -0.980. The van der Waals surface area contributed by atoms with Crippen LogP contribution in [-0.2, 0) is 4.79 Å². The molecule has 2 heterocycles. The summed E-state index contributed by atoms with van der Waals surface area (Å²) in [7, 11) is 0. The number of aliphatic hydroxyl groups is 1. The number of carbonyl (C=O) groups is 1. The molecule has 2 aliphatic heterocycles. The minimum Gasteiger partial charge on any atom is -0.394 e. The van der Waals surface area contributed by atoms with E-state index >= 15 is 0 Å². The van der Waals surface area contributed by atoms with Gasteiger partial charge in [-0.15, -0.1) is 11.8 Å². The fourth-order valence-corrected chi connectivity index (χ4v) is 5.00. The number of amides is 1. The number of benzene rings is 1. The summed E-state index contributed by atoms with van der Waals surface area (Å²) in [5, 5.41) is 13.7. The molecule has 0 aromatic heterocycles. The van der Waals surface area contributed by atoms with Crippen molar-refractivity contribution in [2.45, 2.75) is 24.4 Å². The highest BCUT2D eigenvalue weighted by Gasteiger charge is 2.36. The lowest BCUT2D eigenvalue weighted by Crippen LogP contribution is -2.55. The SMILES string of the molecule is O=C(NC1(CO)CCSCC1)[C@@H]1CSC(c2ccccc2)=N1. The van der Waals surface area contributed by atoms with Crippen LogP contribution in [0.2, 0.25) is 0 Å². The van der Waals surface area contributed by atoms with Gasteiger partial charge in [-0.25, -0.2) is 0 Å². The third kappa shape index (κ3) is 3.50. The predicted molar refractivity (Wildman–Crippen MR) is 93.7 cm³/mol. The maximum absolute atomic E-state index is 12.5. The summed E-state index contributed by atoms with van der Waals surface area (Å²) >= 11 is 3.50. The van der Waals surface area contributed by atoms with E-state index in [0.29, 0.717) is 5.75 Å². The third-order valence-corrected chi connectivity index (χ3v) is 6.20. The van der Waals surface area contributed by atoms with Crippen LogP contribution >= 0.6 is 23.5 Å². The first-order valence-corrected chi connectivity index (χ1v) is 9.63. The molecule has 118 valence electrons. The lowest BCUT2D eigenvalue weighted by Gasteiger charge is -2.36. The van der Waals surface area contributed by atoms with E-state index < -0.39 is 5.54 Å². The smallest absolute Gasteiger partial charge is 0.246 e. The van der Waals surface area contributed by atoms with Crippen molar-refractivity contribution in [3.63, 3.8) is 0 Å². The fourth-order valence-electron chi connectivity index (χ4n) is 2.68. The number of rotatable bonds is 4. The average Bonchev–Trinajstić information content (AvgIpc) is 3.07. The summed E-state index contributed by atoms with van der Waals surface area (Å²) in [6, 6.07) is 9.61. The number of hydrogen-bond acceptors (Lipinski definition) is 5. The van der Waals surface area contributed by atoms with E-state index in [2.05, 4.69) is 10.3 Å². The van der Waals surface area contributed by atoms with E-state index in [0.717, 1.165) is 35.0 Å². The normalized spacial score (nSPS) is 23.9. The third-order valence-electron chi connectivity index (χ3n) is 4.12. The van der Waals surface area contributed by atoms with Gasteiger partial charge >= 0.3 is 0 Å². The van der Waals surface area contributed by atoms with E-state index in [1.807, 2.05) is 42.1 Å². The molecule has 0 bridgehead atoms. The van der Waals surface area contributed by atoms with Crippen LogP contribution in [0.1, 0.15) is 18.4 Å². The Labute approximate surface area is 139 Å². The monoisotopic (exact) mass is 336 g/mol. The second-order valence-corrected chi connectivity index (χ2v) is 7.90. The van der Waals surface area contributed by atoms with Crippen LogP contribution in [0.15, 0.2) is 35.3 Å². The molecule has 1 aromatic carbocycles. The van der Waals surface area contributed by atoms with Crippen molar-refractivity contribution in [2.24, 2.45) is 4.99 Å². The molecule has 4 nitrogen and oxygen atoms in total. The van der Waals surface area contributed by atoms with Crippen molar-refractivity contribution in [2.75, 3.05) is 23.9 Å². The molecule has 1 atom stereocenters. The summed E-state index contributed by atoms with van der Waals surface area (Å²) < 4.78 is 0. The van der Waals surface area contributed by atoms with E-state index in [-0.39, 0.29) is 18.6 Å². The van der Waals surface area contributed by atoms with Crippen LogP contribution < -0.4 is 5.32 Å². The highest BCUT2D eigenvalue weighted by atomic mass is 32.2. The van der Waals surface area contributed by atoms with Gasteiger partial charge in [0.1, 0.15) is 6.04 Å². The van der Waals surface area contributed by atoms with Gasteiger partial charge in [0.25, 0.3) is 0 Å². The van der Waals surface area contributed by atoms with Gasteiger partial charge in [-0.3, -0.25) is 9.79 Å². The Morgan fingerprint density at radius 2 is 2.05 bits per heavy atom. The van der Waals surface area contributed by atoms with E-state index in [1.54, 1.807) is 11.8 Å². The molecule has 1 aromatic rings. The fraction of sp³-hybridized carbons (Fsp3) is 0.500. The highest BCUT2D eigenvalue weighted by molar-refractivity contribution is 8.14. The molecule has 0 spiro atoms. The van der Waals surface area contributed by atoms with Gasteiger partial charge in [-0.1, -0.05) is 30.3 Å². The number of nitrogens with zero attached hydrogens (tertiary/aromatic N) is 1. The molecule has 6 heteroatoms. The van der Waals surface area contributed by atoms with Crippen molar-refractivity contribution < 1.29 is 9.90 Å². The first-order valence-electron chi connectivity index (χ1n) is 7.49. The molecule has 2 aliphatic rings. The van der Waals surface area contributed by atoms with Crippen LogP contribution in [0.4, 0.5) is 0 Å². The van der Waals surface area contributed by atoms with Crippen LogP contribution in [0.3, 0.4) is 0 Å². The van der Waals surface area contributed by atoms with Gasteiger partial charge in [0, 0.05) is 11.3 Å². The number of hydrogen-bond donors (Lipinski definition) is 2. The summed E-state index contributed by atoms with van der Waals surface area (Å²) in [6.07, 6.45) is 1.66. The Bertz CT molecular complexity index is 557. The largest absolute Gasteiger partial charge is 0.394 e. The topological polar surface area (TPSA) is 61.7 Å². The minimum absolute atomic E-state index is 0.00835. The number of carbonyl (C=O) groups excluding carboxylic acids is 1. The van der Waals surface area contributed by atoms with Crippen LogP contribution in [-0.4, -0.2) is 51.5 Å². The van der Waals surface area contributed by atoms with Crippen molar-refractivity contribution in [3.05, 3.63) is 35.9 Å². The van der Waals surface area contributed by atoms with Crippen molar-refractivity contribution in [3.8, 4) is 0 Å². The van der Waals surface area contributed by atoms with Gasteiger partial charge < -0.3 is 10.4 Å². The molecule has 22 heavy (non-hydrogen) atoms. The molecule has 3 rings (SSSR count). The Balaban J connectivity index is 1.67. The first-order chi connectivity index (χ1) is 10.7. The van der Waals surface area contributed by atoms with Gasteiger partial charge in [-0.2, -0.15) is 11.8 Å². The van der Waals surface area contributed by atoms with Gasteiger partial charge in [0.15, 0.2) is 0 Å². The Morgan fingerprint density at radius 3 is 2.73 bits per heavy atom. The van der Waals surface area contributed by atoms with E-state index in [4.69, 9.17) is 0 Å². The molecule has 0 radical (unpaired) electrons. The summed E-state index contributed by atoms with van der Waals surface area (Å²) in [6.45, 7) is 0.00835. The zero-order chi connectivity index (χ0) is 15.4. The van der Waals surface area contributed by atoms with Gasteiger partial charge in [-0.05, 0) is 24.3 Å². The summed E-state index contributed by atoms with van der Waals surface area (Å²) in [5.41, 5.74) is 0.617.